The summed E-state index contributed by atoms with van der Waals surface area (Å²) in [5.74, 6) is 1.45. The highest BCUT2D eigenvalue weighted by molar-refractivity contribution is 7.22. The third kappa shape index (κ3) is 5.66. The normalized spacial score (nSPS) is 14.1. The summed E-state index contributed by atoms with van der Waals surface area (Å²) in [5.41, 5.74) is 3.52. The monoisotopic (exact) mass is 495 g/mol. The van der Waals surface area contributed by atoms with Gasteiger partial charge in [0.1, 0.15) is 23.9 Å². The van der Waals surface area contributed by atoms with E-state index in [0.717, 1.165) is 45.8 Å². The van der Waals surface area contributed by atoms with Gasteiger partial charge in [0.05, 0.1) is 0 Å². The van der Waals surface area contributed by atoms with Crippen LogP contribution in [0.4, 0.5) is 0 Å². The quantitative estimate of drug-likeness (QED) is 0.294. The van der Waals surface area contributed by atoms with Gasteiger partial charge in [-0.25, -0.2) is 0 Å². The van der Waals surface area contributed by atoms with Gasteiger partial charge in [-0.15, -0.1) is 23.7 Å². The van der Waals surface area contributed by atoms with Crippen LogP contribution in [-0.2, 0) is 6.42 Å². The molecule has 1 fully saturated rings. The molecule has 4 aromatic rings. The molecule has 34 heavy (non-hydrogen) atoms. The number of piperidine rings is 1. The van der Waals surface area contributed by atoms with Crippen molar-refractivity contribution in [3.8, 4) is 27.7 Å². The first-order valence-electron chi connectivity index (χ1n) is 11.6. The minimum atomic E-state index is 0. The third-order valence-electron chi connectivity index (χ3n) is 6.34. The average Bonchev–Trinajstić information content (AvgIpc) is 3.18. The van der Waals surface area contributed by atoms with E-state index in [9.17, 15) is 10.2 Å². The maximum Gasteiger partial charge on any atom is 0.119 e. The van der Waals surface area contributed by atoms with E-state index in [1.54, 1.807) is 29.5 Å². The van der Waals surface area contributed by atoms with Crippen LogP contribution in [0, 0.1) is 0 Å². The Morgan fingerprint density at radius 1 is 0.824 bits per heavy atom. The van der Waals surface area contributed by atoms with E-state index in [0.29, 0.717) is 0 Å². The summed E-state index contributed by atoms with van der Waals surface area (Å²) in [6, 6.07) is 21.3. The molecular formula is C28H30ClNO3S. The maximum atomic E-state index is 9.97. The number of nitrogens with zero attached hydrogens (tertiary/aromatic N) is 1. The van der Waals surface area contributed by atoms with Gasteiger partial charge in [0.2, 0.25) is 0 Å². The lowest BCUT2D eigenvalue weighted by molar-refractivity contribution is 0.183. The van der Waals surface area contributed by atoms with Crippen molar-refractivity contribution in [2.75, 3.05) is 26.2 Å². The Morgan fingerprint density at radius 3 is 2.26 bits per heavy atom. The standard InChI is InChI=1S/C28H29NO3S.ClH/c30-22-8-6-21(7-9-22)28-26(25-13-10-23(31)19-27(25)33-28)18-20-4-11-24(12-5-20)32-17-16-29-14-2-1-3-15-29;/h4-13,19,30-31H,1-3,14-18H2;1H. The molecule has 0 saturated carbocycles. The van der Waals surface area contributed by atoms with Crippen LogP contribution >= 0.6 is 23.7 Å². The first-order valence-corrected chi connectivity index (χ1v) is 12.5. The van der Waals surface area contributed by atoms with Crippen molar-refractivity contribution >= 4 is 33.8 Å². The topological polar surface area (TPSA) is 52.9 Å². The van der Waals surface area contributed by atoms with Gasteiger partial charge in [0.15, 0.2) is 0 Å². The molecule has 5 rings (SSSR count). The van der Waals surface area contributed by atoms with Gasteiger partial charge < -0.3 is 14.9 Å². The number of phenolic OH excluding ortho intramolecular Hbond substituents is 2. The average molecular weight is 496 g/mol. The van der Waals surface area contributed by atoms with Crippen molar-refractivity contribution in [3.05, 3.63) is 77.9 Å². The van der Waals surface area contributed by atoms with Crippen LogP contribution in [0.25, 0.3) is 20.5 Å². The Labute approximate surface area is 210 Å². The number of likely N-dealkylation sites (tertiary alicyclic amines) is 1. The van der Waals surface area contributed by atoms with Gasteiger partial charge in [0, 0.05) is 16.1 Å². The molecule has 1 aromatic heterocycles. The molecule has 0 spiro atoms. The van der Waals surface area contributed by atoms with E-state index in [2.05, 4.69) is 29.2 Å². The van der Waals surface area contributed by atoms with E-state index in [1.807, 2.05) is 24.3 Å². The van der Waals surface area contributed by atoms with Gasteiger partial charge in [-0.2, -0.15) is 0 Å². The number of fused-ring (bicyclic) bond motifs is 1. The molecule has 1 saturated heterocycles. The van der Waals surface area contributed by atoms with Gasteiger partial charge in [-0.05, 0) is 109 Å². The van der Waals surface area contributed by atoms with E-state index in [-0.39, 0.29) is 23.9 Å². The SMILES string of the molecule is Cl.Oc1ccc(-c2sc3cc(O)ccc3c2Cc2ccc(OCCN3CCCCC3)cc2)cc1. The van der Waals surface area contributed by atoms with Crippen LogP contribution in [0.1, 0.15) is 30.4 Å². The molecule has 0 amide bonds. The summed E-state index contributed by atoms with van der Waals surface area (Å²) in [5, 5.41) is 20.8. The molecule has 1 aliphatic rings. The second-order valence-electron chi connectivity index (χ2n) is 8.71. The fourth-order valence-electron chi connectivity index (χ4n) is 4.54. The minimum Gasteiger partial charge on any atom is -0.508 e. The van der Waals surface area contributed by atoms with Crippen molar-refractivity contribution in [1.82, 2.24) is 4.90 Å². The Balaban J connectivity index is 0.00000274. The Bertz CT molecular complexity index is 1220. The fourth-order valence-corrected chi connectivity index (χ4v) is 5.80. The predicted molar refractivity (Wildman–Crippen MR) is 143 cm³/mol. The maximum absolute atomic E-state index is 9.97. The molecule has 0 unspecified atom stereocenters. The first kappa shape index (κ1) is 24.4. The smallest absolute Gasteiger partial charge is 0.119 e. The van der Waals surface area contributed by atoms with Gasteiger partial charge in [-0.3, -0.25) is 4.90 Å². The Morgan fingerprint density at radius 2 is 1.53 bits per heavy atom. The van der Waals surface area contributed by atoms with E-state index >= 15 is 0 Å². The van der Waals surface area contributed by atoms with Gasteiger partial charge >= 0.3 is 0 Å². The molecule has 1 aliphatic heterocycles. The van der Waals surface area contributed by atoms with Crippen LogP contribution in [-0.4, -0.2) is 41.4 Å². The lowest BCUT2D eigenvalue weighted by Crippen LogP contribution is -2.33. The molecule has 2 heterocycles. The number of rotatable bonds is 7. The molecule has 0 atom stereocenters. The molecule has 0 bridgehead atoms. The third-order valence-corrected chi connectivity index (χ3v) is 7.58. The molecule has 3 aromatic carbocycles. The van der Waals surface area contributed by atoms with E-state index < -0.39 is 0 Å². The lowest BCUT2D eigenvalue weighted by Gasteiger charge is -2.26. The zero-order valence-corrected chi connectivity index (χ0v) is 20.7. The Hall–Kier alpha value is -2.73. The van der Waals surface area contributed by atoms with Crippen molar-refractivity contribution in [1.29, 1.82) is 0 Å². The highest BCUT2D eigenvalue weighted by Gasteiger charge is 2.15. The Kier molecular flexibility index (Phi) is 7.99. The number of thiophene rings is 1. The molecule has 178 valence electrons. The number of halogens is 1. The van der Waals surface area contributed by atoms with Crippen molar-refractivity contribution < 1.29 is 14.9 Å². The molecule has 6 heteroatoms. The van der Waals surface area contributed by atoms with Crippen molar-refractivity contribution in [2.24, 2.45) is 0 Å². The summed E-state index contributed by atoms with van der Waals surface area (Å²) in [4.78, 5) is 3.65. The second kappa shape index (κ2) is 11.1. The van der Waals surface area contributed by atoms with Crippen LogP contribution in [0.15, 0.2) is 66.7 Å². The summed E-state index contributed by atoms with van der Waals surface area (Å²) < 4.78 is 7.06. The second-order valence-corrected chi connectivity index (χ2v) is 9.76. The van der Waals surface area contributed by atoms with E-state index in [1.165, 1.54) is 43.5 Å². The number of aromatic hydroxyl groups is 2. The van der Waals surface area contributed by atoms with Crippen LogP contribution in [0.5, 0.6) is 17.2 Å². The van der Waals surface area contributed by atoms with Crippen LogP contribution < -0.4 is 4.74 Å². The van der Waals surface area contributed by atoms with Gasteiger partial charge in [-0.1, -0.05) is 18.6 Å². The first-order chi connectivity index (χ1) is 16.2. The highest BCUT2D eigenvalue weighted by atomic mass is 35.5. The number of phenols is 2. The number of hydrogen-bond acceptors (Lipinski definition) is 5. The number of hydrogen-bond donors (Lipinski definition) is 2. The summed E-state index contributed by atoms with van der Waals surface area (Å²) in [6.07, 6.45) is 4.75. The lowest BCUT2D eigenvalue weighted by atomic mass is 9.99. The van der Waals surface area contributed by atoms with Crippen LogP contribution in [0.3, 0.4) is 0 Å². The molecular weight excluding hydrogens is 466 g/mol. The van der Waals surface area contributed by atoms with E-state index in [4.69, 9.17) is 4.74 Å². The predicted octanol–water partition coefficient (Wildman–Crippen LogP) is 6.86. The summed E-state index contributed by atoms with van der Waals surface area (Å²) in [6.45, 7) is 4.10. The molecule has 0 aliphatic carbocycles. The van der Waals surface area contributed by atoms with Gasteiger partial charge in [0.25, 0.3) is 0 Å². The summed E-state index contributed by atoms with van der Waals surface area (Å²) >= 11 is 1.67. The molecule has 0 radical (unpaired) electrons. The molecule has 2 N–H and O–H groups in total. The van der Waals surface area contributed by atoms with Crippen molar-refractivity contribution in [3.63, 3.8) is 0 Å². The largest absolute Gasteiger partial charge is 0.508 e. The summed E-state index contributed by atoms with van der Waals surface area (Å²) in [7, 11) is 0. The zero-order valence-electron chi connectivity index (χ0n) is 19.1. The number of ether oxygens (including phenoxy) is 1. The highest BCUT2D eigenvalue weighted by Crippen LogP contribution is 2.41. The molecule has 4 nitrogen and oxygen atoms in total. The fraction of sp³-hybridized carbons (Fsp3) is 0.286. The van der Waals surface area contributed by atoms with Crippen molar-refractivity contribution in [2.45, 2.75) is 25.7 Å². The minimum absolute atomic E-state index is 0. The number of benzene rings is 3. The van der Waals surface area contributed by atoms with Crippen LogP contribution in [0.2, 0.25) is 0 Å². The zero-order chi connectivity index (χ0) is 22.6.